The van der Waals surface area contributed by atoms with Gasteiger partial charge in [-0.15, -0.1) is 0 Å². The van der Waals surface area contributed by atoms with Crippen LogP contribution in [0.4, 0.5) is 0 Å². The second-order valence-corrected chi connectivity index (χ2v) is 3.87. The first-order valence-corrected chi connectivity index (χ1v) is 5.07. The standard InChI is InChI=1S/C10H17NO3/c1-8(4-5-14-7-12)11-10(13)6-9-2-3-9/h7-9H,2-6H2,1H3,(H,11,13). The van der Waals surface area contributed by atoms with Gasteiger partial charge in [-0.3, -0.25) is 9.59 Å². The van der Waals surface area contributed by atoms with Crippen LogP contribution < -0.4 is 5.32 Å². The van der Waals surface area contributed by atoms with E-state index in [1.807, 2.05) is 6.92 Å². The third-order valence-electron chi connectivity index (χ3n) is 2.32. The molecule has 1 N–H and O–H groups in total. The number of carbonyl (C=O) groups is 2. The molecule has 1 aliphatic carbocycles. The van der Waals surface area contributed by atoms with Crippen molar-refractivity contribution in [2.24, 2.45) is 5.92 Å². The third kappa shape index (κ3) is 4.84. The van der Waals surface area contributed by atoms with Gasteiger partial charge in [-0.05, 0) is 25.7 Å². The Balaban J connectivity index is 2.02. The molecular formula is C10H17NO3. The van der Waals surface area contributed by atoms with Gasteiger partial charge in [0.2, 0.25) is 5.91 Å². The van der Waals surface area contributed by atoms with Crippen molar-refractivity contribution >= 4 is 12.4 Å². The van der Waals surface area contributed by atoms with Crippen molar-refractivity contribution in [2.75, 3.05) is 6.61 Å². The van der Waals surface area contributed by atoms with Gasteiger partial charge in [0.05, 0.1) is 6.61 Å². The van der Waals surface area contributed by atoms with Gasteiger partial charge in [0.15, 0.2) is 0 Å². The van der Waals surface area contributed by atoms with Crippen LogP contribution in [0.25, 0.3) is 0 Å². The largest absolute Gasteiger partial charge is 0.468 e. The molecule has 1 amide bonds. The van der Waals surface area contributed by atoms with Gasteiger partial charge in [-0.2, -0.15) is 0 Å². The predicted octanol–water partition coefficient (Wildman–Crippen LogP) is 0.854. The molecular weight excluding hydrogens is 182 g/mol. The van der Waals surface area contributed by atoms with Gasteiger partial charge < -0.3 is 10.1 Å². The molecule has 1 rings (SSSR count). The Morgan fingerprint density at radius 3 is 2.93 bits per heavy atom. The lowest BCUT2D eigenvalue weighted by Gasteiger charge is -2.12. The summed E-state index contributed by atoms with van der Waals surface area (Å²) in [6, 6.07) is 0.0844. The minimum Gasteiger partial charge on any atom is -0.468 e. The molecule has 1 saturated carbocycles. The molecule has 4 nitrogen and oxygen atoms in total. The first kappa shape index (κ1) is 11.0. The van der Waals surface area contributed by atoms with Crippen molar-refractivity contribution in [3.63, 3.8) is 0 Å². The van der Waals surface area contributed by atoms with Crippen LogP contribution in [0.2, 0.25) is 0 Å². The van der Waals surface area contributed by atoms with E-state index in [4.69, 9.17) is 0 Å². The highest BCUT2D eigenvalue weighted by atomic mass is 16.5. The zero-order valence-corrected chi connectivity index (χ0v) is 8.49. The molecule has 0 bridgehead atoms. The minimum atomic E-state index is 0.0844. The van der Waals surface area contributed by atoms with Crippen LogP contribution in [-0.2, 0) is 14.3 Å². The molecule has 0 aliphatic heterocycles. The summed E-state index contributed by atoms with van der Waals surface area (Å²) >= 11 is 0. The lowest BCUT2D eigenvalue weighted by Crippen LogP contribution is -2.33. The van der Waals surface area contributed by atoms with Gasteiger partial charge in [0.25, 0.3) is 6.47 Å². The molecule has 0 heterocycles. The van der Waals surface area contributed by atoms with E-state index in [0.29, 0.717) is 31.8 Å². The van der Waals surface area contributed by atoms with E-state index in [-0.39, 0.29) is 11.9 Å². The number of amides is 1. The van der Waals surface area contributed by atoms with E-state index in [0.717, 1.165) is 0 Å². The quantitative estimate of drug-likeness (QED) is 0.488. The highest BCUT2D eigenvalue weighted by molar-refractivity contribution is 5.76. The van der Waals surface area contributed by atoms with Crippen LogP contribution in [0.15, 0.2) is 0 Å². The zero-order valence-electron chi connectivity index (χ0n) is 8.49. The molecule has 4 heteroatoms. The van der Waals surface area contributed by atoms with Crippen LogP contribution >= 0.6 is 0 Å². The number of carbonyl (C=O) groups excluding carboxylic acids is 2. The normalized spacial score (nSPS) is 17.2. The summed E-state index contributed by atoms with van der Waals surface area (Å²) in [5.41, 5.74) is 0. The van der Waals surface area contributed by atoms with Gasteiger partial charge in [0.1, 0.15) is 0 Å². The van der Waals surface area contributed by atoms with E-state index in [2.05, 4.69) is 10.1 Å². The Kier molecular flexibility index (Phi) is 4.43. The average Bonchev–Trinajstić information content (AvgIpc) is 2.88. The summed E-state index contributed by atoms with van der Waals surface area (Å²) in [5, 5.41) is 2.88. The number of ether oxygens (including phenoxy) is 1. The molecule has 0 spiro atoms. The number of hydrogen-bond acceptors (Lipinski definition) is 3. The second-order valence-electron chi connectivity index (χ2n) is 3.87. The summed E-state index contributed by atoms with van der Waals surface area (Å²) in [6.07, 6.45) is 3.71. The maximum absolute atomic E-state index is 11.3. The third-order valence-corrected chi connectivity index (χ3v) is 2.32. The Morgan fingerprint density at radius 2 is 2.36 bits per heavy atom. The highest BCUT2D eigenvalue weighted by Gasteiger charge is 2.24. The van der Waals surface area contributed by atoms with Crippen LogP contribution in [0.5, 0.6) is 0 Å². The first-order valence-electron chi connectivity index (χ1n) is 5.07. The van der Waals surface area contributed by atoms with Gasteiger partial charge in [0, 0.05) is 18.9 Å². The summed E-state index contributed by atoms with van der Waals surface area (Å²) in [6.45, 7) is 2.71. The molecule has 0 saturated heterocycles. The Bertz CT molecular complexity index is 202. The first-order chi connectivity index (χ1) is 6.72. The van der Waals surface area contributed by atoms with Crippen molar-refractivity contribution in [1.29, 1.82) is 0 Å². The van der Waals surface area contributed by atoms with Gasteiger partial charge in [-0.25, -0.2) is 0 Å². The molecule has 0 aromatic rings. The van der Waals surface area contributed by atoms with Crippen LogP contribution in [0, 0.1) is 5.92 Å². The monoisotopic (exact) mass is 199 g/mol. The van der Waals surface area contributed by atoms with Gasteiger partial charge in [-0.1, -0.05) is 0 Å². The fourth-order valence-corrected chi connectivity index (χ4v) is 1.28. The van der Waals surface area contributed by atoms with Crippen molar-refractivity contribution in [3.8, 4) is 0 Å². The summed E-state index contributed by atoms with van der Waals surface area (Å²) in [4.78, 5) is 21.2. The van der Waals surface area contributed by atoms with Crippen molar-refractivity contribution in [1.82, 2.24) is 5.32 Å². The lowest BCUT2D eigenvalue weighted by atomic mass is 10.2. The average molecular weight is 199 g/mol. The fourth-order valence-electron chi connectivity index (χ4n) is 1.28. The molecule has 1 aliphatic rings. The lowest BCUT2D eigenvalue weighted by molar-refractivity contribution is -0.128. The molecule has 80 valence electrons. The van der Waals surface area contributed by atoms with Crippen LogP contribution in [0.3, 0.4) is 0 Å². The summed E-state index contributed by atoms with van der Waals surface area (Å²) < 4.78 is 4.55. The molecule has 0 aromatic carbocycles. The molecule has 0 aromatic heterocycles. The molecule has 1 unspecified atom stereocenters. The van der Waals surface area contributed by atoms with Crippen molar-refractivity contribution in [2.45, 2.75) is 38.6 Å². The van der Waals surface area contributed by atoms with Crippen molar-refractivity contribution < 1.29 is 14.3 Å². The zero-order chi connectivity index (χ0) is 10.4. The van der Waals surface area contributed by atoms with Crippen molar-refractivity contribution in [3.05, 3.63) is 0 Å². The molecule has 0 radical (unpaired) electrons. The topological polar surface area (TPSA) is 55.4 Å². The van der Waals surface area contributed by atoms with E-state index in [1.54, 1.807) is 0 Å². The van der Waals surface area contributed by atoms with Gasteiger partial charge >= 0.3 is 0 Å². The number of rotatable bonds is 7. The smallest absolute Gasteiger partial charge is 0.293 e. The molecule has 1 atom stereocenters. The fraction of sp³-hybridized carbons (Fsp3) is 0.800. The number of hydrogen-bond donors (Lipinski definition) is 1. The Labute approximate surface area is 84.0 Å². The van der Waals surface area contributed by atoms with E-state index < -0.39 is 0 Å². The molecule has 14 heavy (non-hydrogen) atoms. The highest BCUT2D eigenvalue weighted by Crippen LogP contribution is 2.32. The van der Waals surface area contributed by atoms with E-state index in [1.165, 1.54) is 12.8 Å². The Morgan fingerprint density at radius 1 is 1.64 bits per heavy atom. The summed E-state index contributed by atoms with van der Waals surface area (Å²) in [5.74, 6) is 0.736. The van der Waals surface area contributed by atoms with E-state index in [9.17, 15) is 9.59 Å². The number of nitrogens with one attached hydrogen (secondary N) is 1. The Hall–Kier alpha value is -1.06. The summed E-state index contributed by atoms with van der Waals surface area (Å²) in [7, 11) is 0. The molecule has 1 fully saturated rings. The maximum atomic E-state index is 11.3. The second kappa shape index (κ2) is 5.62. The van der Waals surface area contributed by atoms with Crippen LogP contribution in [0.1, 0.15) is 32.6 Å². The predicted molar refractivity (Wildman–Crippen MR) is 51.6 cm³/mol. The maximum Gasteiger partial charge on any atom is 0.293 e. The SMILES string of the molecule is CC(CCOC=O)NC(=O)CC1CC1. The van der Waals surface area contributed by atoms with E-state index >= 15 is 0 Å². The van der Waals surface area contributed by atoms with Crippen LogP contribution in [-0.4, -0.2) is 25.0 Å². The minimum absolute atomic E-state index is 0.0844.